The number of carbonyl (C=O) groups excluding carboxylic acids is 3. The maximum Gasteiger partial charge on any atom is 0.298 e. The highest BCUT2D eigenvalue weighted by atomic mass is 16.2. The van der Waals surface area contributed by atoms with Crippen molar-refractivity contribution in [1.29, 1.82) is 5.41 Å². The van der Waals surface area contributed by atoms with E-state index in [0.717, 1.165) is 25.7 Å². The Labute approximate surface area is 144 Å². The SMILES string of the molecule is N=C(N)NC[C@H]1CC[C@H](C(=O)Nc2ccnc3c2C(=O)C(=O)N3)CC1. The fourth-order valence-electron chi connectivity index (χ4n) is 3.29. The lowest BCUT2D eigenvalue weighted by molar-refractivity contribution is -0.121. The van der Waals surface area contributed by atoms with Crippen molar-refractivity contribution in [3.8, 4) is 0 Å². The quantitative estimate of drug-likeness (QED) is 0.304. The molecule has 0 spiro atoms. The zero-order valence-corrected chi connectivity index (χ0v) is 13.6. The number of nitrogens with one attached hydrogen (secondary N) is 4. The Hall–Kier alpha value is -2.97. The third-order valence-electron chi connectivity index (χ3n) is 4.67. The minimum atomic E-state index is -0.734. The monoisotopic (exact) mass is 344 g/mol. The molecule has 0 atom stereocenters. The summed E-state index contributed by atoms with van der Waals surface area (Å²) in [6, 6.07) is 1.53. The van der Waals surface area contributed by atoms with Crippen LogP contribution < -0.4 is 21.7 Å². The van der Waals surface area contributed by atoms with Crippen LogP contribution in [0.15, 0.2) is 12.3 Å². The Balaban J connectivity index is 1.60. The number of anilines is 2. The van der Waals surface area contributed by atoms with Gasteiger partial charge in [-0.1, -0.05) is 0 Å². The van der Waals surface area contributed by atoms with Gasteiger partial charge in [0.15, 0.2) is 5.96 Å². The summed E-state index contributed by atoms with van der Waals surface area (Å²) in [7, 11) is 0. The van der Waals surface area contributed by atoms with E-state index in [0.29, 0.717) is 18.2 Å². The van der Waals surface area contributed by atoms with E-state index >= 15 is 0 Å². The molecule has 9 heteroatoms. The molecule has 3 rings (SSSR count). The van der Waals surface area contributed by atoms with Gasteiger partial charge in [-0.2, -0.15) is 0 Å². The number of fused-ring (bicyclic) bond motifs is 1. The van der Waals surface area contributed by atoms with Gasteiger partial charge < -0.3 is 21.7 Å². The molecule has 2 amide bonds. The molecular weight excluding hydrogens is 324 g/mol. The van der Waals surface area contributed by atoms with Gasteiger partial charge in [-0.3, -0.25) is 19.8 Å². The lowest BCUT2D eigenvalue weighted by atomic mass is 9.81. The van der Waals surface area contributed by atoms with Crippen LogP contribution in [0.5, 0.6) is 0 Å². The number of aromatic nitrogens is 1. The van der Waals surface area contributed by atoms with Crippen LogP contribution in [0.1, 0.15) is 36.0 Å². The van der Waals surface area contributed by atoms with Gasteiger partial charge in [0.2, 0.25) is 5.91 Å². The average Bonchev–Trinajstić information content (AvgIpc) is 2.89. The second-order valence-electron chi connectivity index (χ2n) is 6.37. The van der Waals surface area contributed by atoms with Gasteiger partial charge in [-0.25, -0.2) is 4.98 Å². The standard InChI is InChI=1S/C16H20N6O3/c17-16(18)20-7-8-1-3-9(4-2-8)14(24)21-10-5-6-19-13-11(10)12(23)15(25)22-13/h5-6,8-9H,1-4,7H2,(H4,17,18,20)(H2,19,21,22,23,24,25)/t8-,9-. The van der Waals surface area contributed by atoms with Gasteiger partial charge in [-0.15, -0.1) is 0 Å². The summed E-state index contributed by atoms with van der Waals surface area (Å²) in [5.41, 5.74) is 5.73. The third kappa shape index (κ3) is 3.59. The molecule has 2 aliphatic rings. The van der Waals surface area contributed by atoms with Crippen LogP contribution in [0.3, 0.4) is 0 Å². The first-order valence-corrected chi connectivity index (χ1v) is 8.19. The van der Waals surface area contributed by atoms with Crippen molar-refractivity contribution in [2.75, 3.05) is 17.2 Å². The lowest BCUT2D eigenvalue weighted by Crippen LogP contribution is -2.36. The molecule has 1 fully saturated rings. The van der Waals surface area contributed by atoms with Gasteiger partial charge in [0.25, 0.3) is 11.7 Å². The van der Waals surface area contributed by atoms with Crippen molar-refractivity contribution in [1.82, 2.24) is 10.3 Å². The fourth-order valence-corrected chi connectivity index (χ4v) is 3.29. The topological polar surface area (TPSA) is 150 Å². The van der Waals surface area contributed by atoms with Crippen molar-refractivity contribution in [2.24, 2.45) is 17.6 Å². The second-order valence-corrected chi connectivity index (χ2v) is 6.37. The van der Waals surface area contributed by atoms with Crippen LogP contribution >= 0.6 is 0 Å². The molecule has 0 bridgehead atoms. The van der Waals surface area contributed by atoms with Crippen molar-refractivity contribution < 1.29 is 14.4 Å². The number of hydrogen-bond donors (Lipinski definition) is 5. The van der Waals surface area contributed by atoms with Crippen LogP contribution in [-0.2, 0) is 9.59 Å². The van der Waals surface area contributed by atoms with Crippen molar-refractivity contribution in [2.45, 2.75) is 25.7 Å². The zero-order chi connectivity index (χ0) is 18.0. The van der Waals surface area contributed by atoms with Crippen LogP contribution in [0.2, 0.25) is 0 Å². The predicted octanol–water partition coefficient (Wildman–Crippen LogP) is 0.444. The number of ketones is 1. The molecule has 1 aromatic rings. The van der Waals surface area contributed by atoms with Gasteiger partial charge in [0.1, 0.15) is 5.82 Å². The number of nitrogens with zero attached hydrogens (tertiary/aromatic N) is 1. The predicted molar refractivity (Wildman–Crippen MR) is 91.2 cm³/mol. The molecule has 25 heavy (non-hydrogen) atoms. The minimum Gasteiger partial charge on any atom is -0.370 e. The highest BCUT2D eigenvalue weighted by molar-refractivity contribution is 6.52. The molecule has 0 radical (unpaired) electrons. The summed E-state index contributed by atoms with van der Waals surface area (Å²) < 4.78 is 0. The second kappa shape index (κ2) is 6.88. The molecular formula is C16H20N6O3. The van der Waals surface area contributed by atoms with Crippen LogP contribution in [0.4, 0.5) is 11.5 Å². The molecule has 9 nitrogen and oxygen atoms in total. The normalized spacial score (nSPS) is 22.1. The smallest absolute Gasteiger partial charge is 0.298 e. The summed E-state index contributed by atoms with van der Waals surface area (Å²) in [5, 5.41) is 15.1. The Morgan fingerprint density at radius 1 is 1.32 bits per heavy atom. The molecule has 0 aromatic carbocycles. The fraction of sp³-hybridized carbons (Fsp3) is 0.438. The van der Waals surface area contributed by atoms with E-state index in [2.05, 4.69) is 20.9 Å². The average molecular weight is 344 g/mol. The number of hydrogen-bond acceptors (Lipinski definition) is 5. The van der Waals surface area contributed by atoms with E-state index in [-0.39, 0.29) is 29.2 Å². The summed E-state index contributed by atoms with van der Waals surface area (Å²) in [6.07, 6.45) is 4.64. The van der Waals surface area contributed by atoms with E-state index in [1.807, 2.05) is 0 Å². The minimum absolute atomic E-state index is 0.0424. The Morgan fingerprint density at radius 2 is 2.04 bits per heavy atom. The summed E-state index contributed by atoms with van der Waals surface area (Å²) in [5.74, 6) is -1.18. The van der Waals surface area contributed by atoms with Gasteiger partial charge >= 0.3 is 0 Å². The first-order chi connectivity index (χ1) is 12.0. The largest absolute Gasteiger partial charge is 0.370 e. The number of guanidine groups is 1. The van der Waals surface area contributed by atoms with E-state index in [1.165, 1.54) is 12.3 Å². The van der Waals surface area contributed by atoms with Crippen LogP contribution in [0.25, 0.3) is 0 Å². The van der Waals surface area contributed by atoms with Gasteiger partial charge in [0.05, 0.1) is 11.3 Å². The Kier molecular flexibility index (Phi) is 4.64. The van der Waals surface area contributed by atoms with Gasteiger partial charge in [-0.05, 0) is 37.7 Å². The first-order valence-electron chi connectivity index (χ1n) is 8.19. The number of Topliss-reactive ketones (excluding diaryl/α,β-unsaturated/α-hetero) is 1. The van der Waals surface area contributed by atoms with Crippen molar-refractivity contribution in [3.63, 3.8) is 0 Å². The summed E-state index contributed by atoms with van der Waals surface area (Å²) in [6.45, 7) is 0.643. The summed E-state index contributed by atoms with van der Waals surface area (Å²) >= 11 is 0. The first kappa shape index (κ1) is 16.9. The molecule has 6 N–H and O–H groups in total. The highest BCUT2D eigenvalue weighted by Gasteiger charge is 2.33. The van der Waals surface area contributed by atoms with Crippen molar-refractivity contribution in [3.05, 3.63) is 17.8 Å². The number of rotatable bonds is 4. The molecule has 132 valence electrons. The zero-order valence-electron chi connectivity index (χ0n) is 13.6. The molecule has 0 saturated heterocycles. The maximum atomic E-state index is 12.5. The number of amides is 2. The molecule has 1 aromatic heterocycles. The molecule has 1 saturated carbocycles. The molecule has 1 aliphatic heterocycles. The highest BCUT2D eigenvalue weighted by Crippen LogP contribution is 2.31. The van der Waals surface area contributed by atoms with Crippen LogP contribution in [-0.4, -0.2) is 35.1 Å². The van der Waals surface area contributed by atoms with E-state index in [4.69, 9.17) is 11.1 Å². The molecule has 1 aliphatic carbocycles. The van der Waals surface area contributed by atoms with Gasteiger partial charge in [0, 0.05) is 18.7 Å². The summed E-state index contributed by atoms with van der Waals surface area (Å²) in [4.78, 5) is 39.8. The van der Waals surface area contributed by atoms with E-state index in [9.17, 15) is 14.4 Å². The van der Waals surface area contributed by atoms with Crippen LogP contribution in [0, 0.1) is 17.2 Å². The molecule has 0 unspecified atom stereocenters. The Morgan fingerprint density at radius 3 is 2.72 bits per heavy atom. The van der Waals surface area contributed by atoms with E-state index < -0.39 is 11.7 Å². The number of nitrogens with two attached hydrogens (primary N) is 1. The van der Waals surface area contributed by atoms with E-state index in [1.54, 1.807) is 0 Å². The van der Waals surface area contributed by atoms with Crippen molar-refractivity contribution >= 4 is 35.1 Å². The lowest BCUT2D eigenvalue weighted by Gasteiger charge is -2.28. The third-order valence-corrected chi connectivity index (χ3v) is 4.67. The molecule has 2 heterocycles. The maximum absolute atomic E-state index is 12.5. The Bertz CT molecular complexity index is 739. The number of carbonyl (C=O) groups is 3. The number of pyridine rings is 1.